The molecule has 1 aromatic heterocycles. The van der Waals surface area contributed by atoms with Gasteiger partial charge >= 0.3 is 0 Å². The molecule has 1 aromatic carbocycles. The summed E-state index contributed by atoms with van der Waals surface area (Å²) >= 11 is 2.87. The summed E-state index contributed by atoms with van der Waals surface area (Å²) in [5.74, 6) is 1.09. The number of nitriles is 1. The Kier molecular flexibility index (Phi) is 7.61. The number of nitrogens with one attached hydrogen (secondary N) is 1. The highest BCUT2D eigenvalue weighted by molar-refractivity contribution is 8.00. The summed E-state index contributed by atoms with van der Waals surface area (Å²) < 4.78 is 2.19. The van der Waals surface area contributed by atoms with Crippen molar-refractivity contribution in [2.45, 2.75) is 44.3 Å². The summed E-state index contributed by atoms with van der Waals surface area (Å²) in [7, 11) is 0. The van der Waals surface area contributed by atoms with Gasteiger partial charge in [0, 0.05) is 17.1 Å². The number of aryl methyl sites for hydroxylation is 1. The number of hydrogen-bond donors (Lipinski definition) is 1. The predicted molar refractivity (Wildman–Crippen MR) is 109 cm³/mol. The van der Waals surface area contributed by atoms with Gasteiger partial charge in [-0.2, -0.15) is 5.26 Å². The standard InChI is InChI=1S/C19H24N4OS2/c1-13(2)11-23-15(4)14(3)21-19(23)26-12-18(24)22-16-7-5-6-8-17(16)25-10-9-20/h5-8,13H,10-12H2,1-4H3,(H,22,24). The smallest absolute Gasteiger partial charge is 0.234 e. The number of nitrogens with zero attached hydrogens (tertiary/aromatic N) is 3. The molecule has 0 aliphatic carbocycles. The van der Waals surface area contributed by atoms with Crippen LogP contribution in [0.4, 0.5) is 5.69 Å². The van der Waals surface area contributed by atoms with E-state index in [1.807, 2.05) is 31.2 Å². The van der Waals surface area contributed by atoms with Gasteiger partial charge in [-0.3, -0.25) is 4.79 Å². The third-order valence-corrected chi connectivity index (χ3v) is 5.67. The van der Waals surface area contributed by atoms with Crippen molar-refractivity contribution in [1.82, 2.24) is 9.55 Å². The fourth-order valence-electron chi connectivity index (χ4n) is 2.44. The van der Waals surface area contributed by atoms with Crippen molar-refractivity contribution < 1.29 is 4.79 Å². The summed E-state index contributed by atoms with van der Waals surface area (Å²) in [5, 5.41) is 12.6. The summed E-state index contributed by atoms with van der Waals surface area (Å²) in [6, 6.07) is 9.65. The van der Waals surface area contributed by atoms with Crippen molar-refractivity contribution in [3.05, 3.63) is 35.7 Å². The molecule has 7 heteroatoms. The number of imidazole rings is 1. The molecule has 0 saturated carbocycles. The van der Waals surface area contributed by atoms with Crippen LogP contribution in [0.1, 0.15) is 25.2 Å². The van der Waals surface area contributed by atoms with Crippen LogP contribution in [0.15, 0.2) is 34.3 Å². The molecule has 2 aromatic rings. The lowest BCUT2D eigenvalue weighted by Gasteiger charge is -2.13. The van der Waals surface area contributed by atoms with E-state index in [9.17, 15) is 4.79 Å². The Bertz CT molecular complexity index is 808. The van der Waals surface area contributed by atoms with Gasteiger partial charge in [0.1, 0.15) is 0 Å². The van der Waals surface area contributed by atoms with Crippen LogP contribution in [0.5, 0.6) is 0 Å². The quantitative estimate of drug-likeness (QED) is 0.674. The maximum absolute atomic E-state index is 12.4. The van der Waals surface area contributed by atoms with Crippen molar-refractivity contribution in [3.8, 4) is 6.07 Å². The van der Waals surface area contributed by atoms with Crippen molar-refractivity contribution in [2.75, 3.05) is 16.8 Å². The molecule has 26 heavy (non-hydrogen) atoms. The summed E-state index contributed by atoms with van der Waals surface area (Å²) in [6.07, 6.45) is 0. The third-order valence-electron chi connectivity index (χ3n) is 3.76. The van der Waals surface area contributed by atoms with Crippen molar-refractivity contribution in [1.29, 1.82) is 5.26 Å². The number of aromatic nitrogens is 2. The fourth-order valence-corrected chi connectivity index (χ4v) is 4.01. The number of amides is 1. The molecule has 0 radical (unpaired) electrons. The molecule has 0 spiro atoms. The van der Waals surface area contributed by atoms with E-state index >= 15 is 0 Å². The zero-order valence-electron chi connectivity index (χ0n) is 15.6. The van der Waals surface area contributed by atoms with E-state index in [2.05, 4.69) is 41.7 Å². The molecule has 1 N–H and O–H groups in total. The molecule has 0 fully saturated rings. The number of para-hydroxylation sites is 1. The Morgan fingerprint density at radius 2 is 2.04 bits per heavy atom. The topological polar surface area (TPSA) is 70.7 Å². The van der Waals surface area contributed by atoms with Crippen molar-refractivity contribution >= 4 is 35.1 Å². The zero-order valence-corrected chi connectivity index (χ0v) is 17.2. The molecule has 0 saturated heterocycles. The predicted octanol–water partition coefficient (Wildman–Crippen LogP) is 4.50. The molecular weight excluding hydrogens is 364 g/mol. The molecule has 5 nitrogen and oxygen atoms in total. The molecule has 138 valence electrons. The Hall–Kier alpha value is -1.91. The number of rotatable bonds is 8. The molecule has 0 atom stereocenters. The molecule has 0 unspecified atom stereocenters. The molecule has 0 aliphatic rings. The van der Waals surface area contributed by atoms with Crippen LogP contribution >= 0.6 is 23.5 Å². The number of anilines is 1. The highest BCUT2D eigenvalue weighted by Crippen LogP contribution is 2.27. The maximum Gasteiger partial charge on any atom is 0.234 e. The van der Waals surface area contributed by atoms with Gasteiger partial charge in [0.15, 0.2) is 5.16 Å². The lowest BCUT2D eigenvalue weighted by atomic mass is 10.2. The molecular formula is C19H24N4OS2. The molecule has 1 amide bonds. The largest absolute Gasteiger partial charge is 0.324 e. The van der Waals surface area contributed by atoms with E-state index in [0.29, 0.717) is 17.4 Å². The van der Waals surface area contributed by atoms with Crippen molar-refractivity contribution in [2.24, 2.45) is 5.92 Å². The van der Waals surface area contributed by atoms with E-state index in [1.165, 1.54) is 23.5 Å². The third kappa shape index (κ3) is 5.55. The van der Waals surface area contributed by atoms with Crippen LogP contribution in [-0.2, 0) is 11.3 Å². The van der Waals surface area contributed by atoms with E-state index < -0.39 is 0 Å². The first kappa shape index (κ1) is 20.4. The van der Waals surface area contributed by atoms with Gasteiger partial charge in [0.2, 0.25) is 5.91 Å². The van der Waals surface area contributed by atoms with Crippen LogP contribution < -0.4 is 5.32 Å². The van der Waals surface area contributed by atoms with Gasteiger partial charge in [-0.25, -0.2) is 4.98 Å². The van der Waals surface area contributed by atoms with Gasteiger partial charge in [0.05, 0.1) is 29.0 Å². The molecule has 0 bridgehead atoms. The first-order chi connectivity index (χ1) is 12.4. The SMILES string of the molecule is Cc1nc(SCC(=O)Nc2ccccc2SCC#N)n(CC(C)C)c1C. The Morgan fingerprint density at radius 3 is 2.73 bits per heavy atom. The Morgan fingerprint density at radius 1 is 1.31 bits per heavy atom. The summed E-state index contributed by atoms with van der Waals surface area (Å²) in [4.78, 5) is 17.9. The minimum atomic E-state index is -0.0746. The average molecular weight is 389 g/mol. The second-order valence-corrected chi connectivity index (χ2v) is 8.31. The normalized spacial score (nSPS) is 10.8. The van der Waals surface area contributed by atoms with E-state index in [0.717, 1.165) is 33.7 Å². The van der Waals surface area contributed by atoms with Crippen LogP contribution in [0.25, 0.3) is 0 Å². The van der Waals surface area contributed by atoms with Gasteiger partial charge in [0.25, 0.3) is 0 Å². The van der Waals surface area contributed by atoms with Crippen LogP contribution in [-0.4, -0.2) is 27.0 Å². The average Bonchev–Trinajstić information content (AvgIpc) is 2.86. The molecule has 2 rings (SSSR count). The Labute approximate surface area is 163 Å². The van der Waals surface area contributed by atoms with Gasteiger partial charge < -0.3 is 9.88 Å². The van der Waals surface area contributed by atoms with E-state index in [-0.39, 0.29) is 5.91 Å². The van der Waals surface area contributed by atoms with Crippen molar-refractivity contribution in [3.63, 3.8) is 0 Å². The first-order valence-corrected chi connectivity index (χ1v) is 10.4. The maximum atomic E-state index is 12.4. The second kappa shape index (κ2) is 9.70. The second-order valence-electron chi connectivity index (χ2n) is 6.35. The first-order valence-electron chi connectivity index (χ1n) is 8.47. The van der Waals surface area contributed by atoms with E-state index in [4.69, 9.17) is 5.26 Å². The van der Waals surface area contributed by atoms with Gasteiger partial charge in [-0.1, -0.05) is 37.7 Å². The minimum Gasteiger partial charge on any atom is -0.324 e. The minimum absolute atomic E-state index is 0.0746. The van der Waals surface area contributed by atoms with Crippen LogP contribution in [0.3, 0.4) is 0 Å². The summed E-state index contributed by atoms with van der Waals surface area (Å²) in [5.41, 5.74) is 2.91. The van der Waals surface area contributed by atoms with E-state index in [1.54, 1.807) is 0 Å². The highest BCUT2D eigenvalue weighted by Gasteiger charge is 2.15. The highest BCUT2D eigenvalue weighted by atomic mass is 32.2. The van der Waals surface area contributed by atoms with Crippen LogP contribution in [0.2, 0.25) is 0 Å². The Balaban J connectivity index is 2.02. The molecule has 0 aliphatic heterocycles. The van der Waals surface area contributed by atoms with Gasteiger partial charge in [-0.05, 0) is 31.9 Å². The zero-order chi connectivity index (χ0) is 19.1. The lowest BCUT2D eigenvalue weighted by Crippen LogP contribution is -2.15. The fraction of sp³-hybridized carbons (Fsp3) is 0.421. The van der Waals surface area contributed by atoms with Crippen LogP contribution in [0, 0.1) is 31.1 Å². The summed E-state index contributed by atoms with van der Waals surface area (Å²) in [6.45, 7) is 9.30. The number of benzene rings is 1. The van der Waals surface area contributed by atoms with Gasteiger partial charge in [-0.15, -0.1) is 11.8 Å². The lowest BCUT2D eigenvalue weighted by molar-refractivity contribution is -0.113. The monoisotopic (exact) mass is 388 g/mol. The number of hydrogen-bond acceptors (Lipinski definition) is 5. The molecule has 1 heterocycles. The number of carbonyl (C=O) groups is 1. The number of carbonyl (C=O) groups excluding carboxylic acids is 1. The number of thioether (sulfide) groups is 2.